The summed E-state index contributed by atoms with van der Waals surface area (Å²) in [4.78, 5) is 12.9. The standard InChI is InChI=1S/C21H21F3N2O3/c1-20(2)11-25-17-8-14(21(22,23)24)7-16(18(17)29-20)12-4-3-5-15(6-12)26-9-13(10-26)19(27)28/h3-8,13,25H,9-11H2,1-2H3,(H,27,28). The third-order valence-corrected chi connectivity index (χ3v) is 5.25. The first kappa shape index (κ1) is 19.4. The fourth-order valence-electron chi connectivity index (χ4n) is 3.58. The van der Waals surface area contributed by atoms with E-state index in [0.29, 0.717) is 42.2 Å². The second kappa shape index (κ2) is 6.57. The zero-order valence-electron chi connectivity index (χ0n) is 16.0. The lowest BCUT2D eigenvalue weighted by atomic mass is 9.95. The molecule has 0 saturated carbocycles. The van der Waals surface area contributed by atoms with Crippen molar-refractivity contribution in [2.24, 2.45) is 5.92 Å². The predicted octanol–water partition coefficient (Wildman–Crippen LogP) is 4.48. The van der Waals surface area contributed by atoms with Crippen LogP contribution in [0, 0.1) is 5.92 Å². The van der Waals surface area contributed by atoms with E-state index >= 15 is 0 Å². The summed E-state index contributed by atoms with van der Waals surface area (Å²) in [6, 6.07) is 9.27. The molecule has 5 nitrogen and oxygen atoms in total. The molecule has 0 spiro atoms. The first-order valence-corrected chi connectivity index (χ1v) is 9.30. The molecule has 0 unspecified atom stereocenters. The minimum atomic E-state index is -4.48. The molecule has 2 aliphatic rings. The Morgan fingerprint density at radius 1 is 1.24 bits per heavy atom. The highest BCUT2D eigenvalue weighted by Gasteiger charge is 2.36. The van der Waals surface area contributed by atoms with Gasteiger partial charge in [-0.25, -0.2) is 0 Å². The van der Waals surface area contributed by atoms with E-state index in [9.17, 15) is 18.0 Å². The fourth-order valence-corrected chi connectivity index (χ4v) is 3.58. The van der Waals surface area contributed by atoms with E-state index in [1.54, 1.807) is 18.2 Å². The molecular weight excluding hydrogens is 385 g/mol. The molecule has 2 heterocycles. The second-order valence-electron chi connectivity index (χ2n) is 8.10. The quantitative estimate of drug-likeness (QED) is 0.787. The highest BCUT2D eigenvalue weighted by Crippen LogP contribution is 2.46. The summed E-state index contributed by atoms with van der Waals surface area (Å²) in [7, 11) is 0. The molecule has 154 valence electrons. The maximum atomic E-state index is 13.5. The van der Waals surface area contributed by atoms with Crippen LogP contribution < -0.4 is 15.0 Å². The van der Waals surface area contributed by atoms with Crippen LogP contribution in [0.3, 0.4) is 0 Å². The molecule has 4 rings (SSSR count). The second-order valence-corrected chi connectivity index (χ2v) is 8.10. The third-order valence-electron chi connectivity index (χ3n) is 5.25. The van der Waals surface area contributed by atoms with Crippen LogP contribution in [-0.4, -0.2) is 36.3 Å². The lowest BCUT2D eigenvalue weighted by Crippen LogP contribution is -2.50. The maximum absolute atomic E-state index is 13.5. The van der Waals surface area contributed by atoms with Crippen molar-refractivity contribution in [2.75, 3.05) is 29.9 Å². The van der Waals surface area contributed by atoms with Gasteiger partial charge in [-0.05, 0) is 43.7 Å². The number of hydrogen-bond donors (Lipinski definition) is 2. The Morgan fingerprint density at radius 3 is 2.62 bits per heavy atom. The van der Waals surface area contributed by atoms with Gasteiger partial charge in [0.15, 0.2) is 5.75 Å². The van der Waals surface area contributed by atoms with Gasteiger partial charge in [-0.2, -0.15) is 13.2 Å². The molecule has 1 fully saturated rings. The third kappa shape index (κ3) is 3.71. The molecular formula is C21H21F3N2O3. The van der Waals surface area contributed by atoms with Crippen molar-refractivity contribution in [1.29, 1.82) is 0 Å². The Kier molecular flexibility index (Phi) is 4.40. The SMILES string of the molecule is CC1(C)CNc2cc(C(F)(F)F)cc(-c3cccc(N4CC(C(=O)O)C4)c3)c2O1. The van der Waals surface area contributed by atoms with Gasteiger partial charge < -0.3 is 20.1 Å². The van der Waals surface area contributed by atoms with Crippen molar-refractivity contribution in [2.45, 2.75) is 25.6 Å². The van der Waals surface area contributed by atoms with Gasteiger partial charge in [0.25, 0.3) is 0 Å². The van der Waals surface area contributed by atoms with Crippen molar-refractivity contribution in [1.82, 2.24) is 0 Å². The molecule has 29 heavy (non-hydrogen) atoms. The van der Waals surface area contributed by atoms with Crippen LogP contribution in [0.25, 0.3) is 11.1 Å². The molecule has 1 saturated heterocycles. The molecule has 0 amide bonds. The van der Waals surface area contributed by atoms with E-state index in [1.165, 1.54) is 0 Å². The smallest absolute Gasteiger partial charge is 0.416 e. The molecule has 0 bridgehead atoms. The largest absolute Gasteiger partial charge is 0.483 e. The number of carboxylic acids is 1. The number of ether oxygens (including phenoxy) is 1. The van der Waals surface area contributed by atoms with Gasteiger partial charge in [0.2, 0.25) is 0 Å². The molecule has 0 radical (unpaired) electrons. The van der Waals surface area contributed by atoms with Crippen molar-refractivity contribution >= 4 is 17.3 Å². The number of rotatable bonds is 3. The Balaban J connectivity index is 1.76. The summed E-state index contributed by atoms with van der Waals surface area (Å²) in [5, 5.41) is 12.1. The zero-order chi connectivity index (χ0) is 21.0. The van der Waals surface area contributed by atoms with Crippen LogP contribution in [0.1, 0.15) is 19.4 Å². The Hall–Kier alpha value is -2.90. The number of fused-ring (bicyclic) bond motifs is 1. The van der Waals surface area contributed by atoms with Crippen LogP contribution >= 0.6 is 0 Å². The number of anilines is 2. The molecule has 8 heteroatoms. The van der Waals surface area contributed by atoms with E-state index in [4.69, 9.17) is 9.84 Å². The van der Waals surface area contributed by atoms with Crippen molar-refractivity contribution in [3.8, 4) is 16.9 Å². The van der Waals surface area contributed by atoms with Gasteiger partial charge in [-0.15, -0.1) is 0 Å². The van der Waals surface area contributed by atoms with Gasteiger partial charge in [0.1, 0.15) is 5.60 Å². The number of carbonyl (C=O) groups is 1. The van der Waals surface area contributed by atoms with Crippen LogP contribution in [0.2, 0.25) is 0 Å². The van der Waals surface area contributed by atoms with E-state index < -0.39 is 29.2 Å². The van der Waals surface area contributed by atoms with Crippen LogP contribution in [-0.2, 0) is 11.0 Å². The minimum absolute atomic E-state index is 0.314. The number of benzene rings is 2. The topological polar surface area (TPSA) is 61.8 Å². The Morgan fingerprint density at radius 2 is 1.97 bits per heavy atom. The zero-order valence-corrected chi connectivity index (χ0v) is 16.0. The molecule has 0 aliphatic carbocycles. The summed E-state index contributed by atoms with van der Waals surface area (Å²) in [5.74, 6) is -0.877. The molecule has 2 N–H and O–H groups in total. The van der Waals surface area contributed by atoms with Crippen LogP contribution in [0.15, 0.2) is 36.4 Å². The Bertz CT molecular complexity index is 966. The molecule has 2 aliphatic heterocycles. The monoisotopic (exact) mass is 406 g/mol. The number of aliphatic carboxylic acids is 1. The van der Waals surface area contributed by atoms with Crippen molar-refractivity contribution < 1.29 is 27.8 Å². The highest BCUT2D eigenvalue weighted by atomic mass is 19.4. The van der Waals surface area contributed by atoms with Crippen LogP contribution in [0.4, 0.5) is 24.5 Å². The summed E-state index contributed by atoms with van der Waals surface area (Å²) >= 11 is 0. The molecule has 2 aromatic carbocycles. The predicted molar refractivity (Wildman–Crippen MR) is 103 cm³/mol. The number of nitrogens with one attached hydrogen (secondary N) is 1. The average Bonchev–Trinajstić information content (AvgIpc) is 2.58. The molecule has 0 atom stereocenters. The number of nitrogens with zero attached hydrogens (tertiary/aromatic N) is 1. The van der Waals surface area contributed by atoms with Gasteiger partial charge >= 0.3 is 12.1 Å². The van der Waals surface area contributed by atoms with E-state index in [-0.39, 0.29) is 0 Å². The Labute approximate surface area is 166 Å². The molecule has 2 aromatic rings. The summed E-state index contributed by atoms with van der Waals surface area (Å²) in [6.45, 7) is 4.89. The summed E-state index contributed by atoms with van der Waals surface area (Å²) < 4.78 is 46.4. The van der Waals surface area contributed by atoms with Gasteiger partial charge in [-0.1, -0.05) is 12.1 Å². The lowest BCUT2D eigenvalue weighted by molar-refractivity contribution is -0.142. The normalized spacial score (nSPS) is 18.3. The molecule has 0 aromatic heterocycles. The highest BCUT2D eigenvalue weighted by molar-refractivity contribution is 5.82. The average molecular weight is 406 g/mol. The van der Waals surface area contributed by atoms with Crippen LogP contribution in [0.5, 0.6) is 5.75 Å². The van der Waals surface area contributed by atoms with Crippen molar-refractivity contribution in [3.63, 3.8) is 0 Å². The van der Waals surface area contributed by atoms with E-state index in [1.807, 2.05) is 24.8 Å². The number of alkyl halides is 3. The minimum Gasteiger partial charge on any atom is -0.483 e. The summed E-state index contributed by atoms with van der Waals surface area (Å²) in [6.07, 6.45) is -4.48. The maximum Gasteiger partial charge on any atom is 0.416 e. The first-order valence-electron chi connectivity index (χ1n) is 9.30. The van der Waals surface area contributed by atoms with E-state index in [0.717, 1.165) is 17.8 Å². The summed E-state index contributed by atoms with van der Waals surface area (Å²) in [5.41, 5.74) is 0.715. The van der Waals surface area contributed by atoms with Gasteiger partial charge in [0, 0.05) is 24.3 Å². The fraction of sp³-hybridized carbons (Fsp3) is 0.381. The van der Waals surface area contributed by atoms with E-state index in [2.05, 4.69) is 5.32 Å². The van der Waals surface area contributed by atoms with Crippen molar-refractivity contribution in [3.05, 3.63) is 42.0 Å². The number of hydrogen-bond acceptors (Lipinski definition) is 4. The lowest BCUT2D eigenvalue weighted by Gasteiger charge is -2.39. The van der Waals surface area contributed by atoms with Gasteiger partial charge in [-0.3, -0.25) is 4.79 Å². The van der Waals surface area contributed by atoms with Gasteiger partial charge in [0.05, 0.1) is 23.7 Å². The number of carboxylic acid groups (broad SMARTS) is 1. The first-order chi connectivity index (χ1) is 13.5. The number of halogens is 3.